The van der Waals surface area contributed by atoms with Crippen molar-refractivity contribution >= 4 is 0 Å². The van der Waals surface area contributed by atoms with Crippen LogP contribution in [0.1, 0.15) is 393 Å². The number of alkyl halides is 18. The third-order valence-corrected chi connectivity index (χ3v) is 24.2. The molecule has 0 unspecified atom stereocenters. The van der Waals surface area contributed by atoms with Crippen molar-refractivity contribution in [2.75, 3.05) is 0 Å². The van der Waals surface area contributed by atoms with Gasteiger partial charge in [0, 0.05) is 0 Å². The first-order valence-electron chi connectivity index (χ1n) is 37.9. The first kappa shape index (κ1) is 116. The molecule has 0 nitrogen and oxygen atoms in total. The second-order valence-corrected chi connectivity index (χ2v) is 34.5. The van der Waals surface area contributed by atoms with Gasteiger partial charge in [0.25, 0.3) is 0 Å². The van der Waals surface area contributed by atoms with Gasteiger partial charge in [0.1, 0.15) is 0 Å². The first-order chi connectivity index (χ1) is 43.5. The number of hydrogen-bond acceptors (Lipinski definition) is 0. The van der Waals surface area contributed by atoms with Gasteiger partial charge in [-0.1, -0.05) is 328 Å². The Morgan fingerprint density at radius 1 is 0.253 bits per heavy atom. The molecule has 0 bridgehead atoms. The molecule has 0 aromatic carbocycles. The molecule has 0 saturated carbocycles. The van der Waals surface area contributed by atoms with Gasteiger partial charge in [0.2, 0.25) is 0 Å². The van der Waals surface area contributed by atoms with E-state index in [1.807, 2.05) is 55.4 Å². The van der Waals surface area contributed by atoms with Gasteiger partial charge in [-0.05, 0) is 127 Å². The van der Waals surface area contributed by atoms with Crippen molar-refractivity contribution in [2.45, 2.75) is 430 Å². The topological polar surface area (TPSA) is 0 Å². The van der Waals surface area contributed by atoms with Crippen molar-refractivity contribution in [1.29, 1.82) is 0 Å². The third kappa shape index (κ3) is 39.2. The van der Waals surface area contributed by atoms with Crippen molar-refractivity contribution < 1.29 is 79.0 Å². The quantitative estimate of drug-likeness (QED) is 0.0895. The maximum Gasteiger partial charge on any atom is 0.394 e. The maximum atomic E-state index is 13.0. The summed E-state index contributed by atoms with van der Waals surface area (Å²) < 4.78 is 226. The molecule has 0 aliphatic carbocycles. The van der Waals surface area contributed by atoms with E-state index in [1.165, 1.54) is 87.0 Å². The molecular weight excluding hydrogens is 1310 g/mol. The zero-order chi connectivity index (χ0) is 82.7. The molecule has 0 saturated heterocycles. The molecule has 0 fully saturated rings. The van der Waals surface area contributed by atoms with Gasteiger partial charge >= 0.3 is 37.1 Å². The van der Waals surface area contributed by atoms with Crippen LogP contribution in [-0.4, -0.2) is 37.1 Å². The maximum absolute atomic E-state index is 13.0. The summed E-state index contributed by atoms with van der Waals surface area (Å²) in [6.45, 7) is 74.7. The molecule has 99 heavy (non-hydrogen) atoms. The van der Waals surface area contributed by atoms with Gasteiger partial charge in [0.05, 0.1) is 32.5 Å². The zero-order valence-corrected chi connectivity index (χ0v) is 71.5. The van der Waals surface area contributed by atoms with Gasteiger partial charge in [0.15, 0.2) is 0 Å². The Kier molecular flexibility index (Phi) is 55.6. The molecule has 0 spiro atoms. The standard InChI is InChI=1S/2C11H21F3.C10H19F3.C10H22.C9H20.2C8H15F3.C7H13F3.C7H16/c1-7(2)9(8(3)4)10(5,6)11(12,13)14;1-6-9(4,7-2)10(5,8-3)11(12,13)14;1-5-8(6-2)9(4,7-3)10(11,12)13;1-7-10(6,8-2)9(3,4)5;1-6-8(7-2)9(3,4)5;1-5-7(4,6(2)3)8(9,10)11;1-4-6-7(3,5-2)8(9,10)11;1-4-6(3,5-2)7(8,9)10;1-5-6-7(2,3)4/h7-9H,1-6H3;6-8H2,1-5H3;8H,5-7H2,1-4H3;7-8H2,1-6H3;8H,6-7H2,1-5H3;6H,5H2,1-4H3;4-6H2,1-3H3;4-5H2,1-3H3;5-6H2,1-4H3/t;10-;9-;;;2*7-;;/m.00..00../s1. The molecule has 0 N–H and O–H groups in total. The average molecular weight is 1480 g/mol. The van der Waals surface area contributed by atoms with Crippen LogP contribution in [0.5, 0.6) is 0 Å². The molecule has 18 heteroatoms. The van der Waals surface area contributed by atoms with Crippen molar-refractivity contribution in [3.8, 4) is 0 Å². The molecule has 0 aliphatic rings. The summed E-state index contributed by atoms with van der Waals surface area (Å²) in [7, 11) is 0. The molecule has 4 atom stereocenters. The Labute approximate surface area is 601 Å². The van der Waals surface area contributed by atoms with Crippen LogP contribution in [0.25, 0.3) is 0 Å². The fraction of sp³-hybridized carbons (Fsp3) is 1.00. The van der Waals surface area contributed by atoms with Gasteiger partial charge in [-0.25, -0.2) is 0 Å². The molecule has 0 radical (unpaired) electrons. The minimum Gasteiger partial charge on any atom is -0.171 e. The van der Waals surface area contributed by atoms with E-state index in [0.29, 0.717) is 53.8 Å². The van der Waals surface area contributed by atoms with Crippen LogP contribution in [0.15, 0.2) is 0 Å². The van der Waals surface area contributed by atoms with Crippen molar-refractivity contribution in [3.05, 3.63) is 0 Å². The minimum absolute atomic E-state index is 0.0478. The highest BCUT2D eigenvalue weighted by Crippen LogP contribution is 2.57. The molecule has 0 aliphatic heterocycles. The lowest BCUT2D eigenvalue weighted by Gasteiger charge is -2.46. The molecule has 0 rings (SSSR count). The lowest BCUT2D eigenvalue weighted by Crippen LogP contribution is -2.47. The number of halogens is 18. The summed E-state index contributed by atoms with van der Waals surface area (Å²) >= 11 is 0. The molecule has 0 amide bonds. The second kappa shape index (κ2) is 47.4. The predicted octanol–water partition coefficient (Wildman–Crippen LogP) is 34.6. The third-order valence-electron chi connectivity index (χ3n) is 24.2. The molecule has 0 heterocycles. The van der Waals surface area contributed by atoms with E-state index in [9.17, 15) is 79.0 Å². The van der Waals surface area contributed by atoms with E-state index in [4.69, 9.17) is 0 Å². The van der Waals surface area contributed by atoms with E-state index in [2.05, 4.69) is 104 Å². The minimum atomic E-state index is -4.12. The molecule has 612 valence electrons. The predicted molar refractivity (Wildman–Crippen MR) is 394 cm³/mol. The Hall–Kier alpha value is -1.26. The fourth-order valence-corrected chi connectivity index (χ4v) is 12.8. The van der Waals surface area contributed by atoms with Crippen LogP contribution >= 0.6 is 0 Å². The summed E-state index contributed by atoms with van der Waals surface area (Å²) in [4.78, 5) is 0. The van der Waals surface area contributed by atoms with Gasteiger partial charge in [-0.15, -0.1) is 0 Å². The normalized spacial score (nSPS) is 15.8. The Morgan fingerprint density at radius 2 is 0.525 bits per heavy atom. The Morgan fingerprint density at radius 3 is 0.566 bits per heavy atom. The van der Waals surface area contributed by atoms with Gasteiger partial charge < -0.3 is 0 Å². The monoisotopic (exact) mass is 1480 g/mol. The summed E-state index contributed by atoms with van der Waals surface area (Å²) in [5, 5.41) is 0. The summed E-state index contributed by atoms with van der Waals surface area (Å²) in [6, 6.07) is 0. The van der Waals surface area contributed by atoms with E-state index in [-0.39, 0.29) is 74.5 Å². The zero-order valence-electron chi connectivity index (χ0n) is 71.5. The highest BCUT2D eigenvalue weighted by molar-refractivity contribution is 4.96. The van der Waals surface area contributed by atoms with Gasteiger partial charge in [-0.2, -0.15) is 79.0 Å². The molecule has 0 aromatic heterocycles. The van der Waals surface area contributed by atoms with Crippen molar-refractivity contribution in [3.63, 3.8) is 0 Å². The lowest BCUT2D eigenvalue weighted by atomic mass is 9.60. The van der Waals surface area contributed by atoms with E-state index in [1.54, 1.807) is 69.2 Å². The second-order valence-electron chi connectivity index (χ2n) is 34.5. The van der Waals surface area contributed by atoms with Crippen LogP contribution in [0.3, 0.4) is 0 Å². The van der Waals surface area contributed by atoms with Crippen LogP contribution in [0.2, 0.25) is 0 Å². The van der Waals surface area contributed by atoms with Gasteiger partial charge in [-0.3, -0.25) is 0 Å². The number of rotatable bonds is 23. The highest BCUT2D eigenvalue weighted by atomic mass is 19.4. The summed E-state index contributed by atoms with van der Waals surface area (Å²) in [6.07, 6.45) is -12.5. The smallest absolute Gasteiger partial charge is 0.171 e. The summed E-state index contributed by atoms with van der Waals surface area (Å²) in [5.74, 6) is 0.0586. The van der Waals surface area contributed by atoms with Crippen LogP contribution in [0, 0.1) is 95.1 Å². The largest absolute Gasteiger partial charge is 0.394 e. The van der Waals surface area contributed by atoms with Crippen molar-refractivity contribution in [1.82, 2.24) is 0 Å². The molecular formula is C81H162F18. The van der Waals surface area contributed by atoms with Crippen LogP contribution < -0.4 is 0 Å². The highest BCUT2D eigenvalue weighted by Gasteiger charge is 2.59. The fourth-order valence-electron chi connectivity index (χ4n) is 12.8. The average Bonchev–Trinajstić information content (AvgIpc) is 0.772. The van der Waals surface area contributed by atoms with E-state index >= 15 is 0 Å². The number of hydrogen-bond donors (Lipinski definition) is 0. The van der Waals surface area contributed by atoms with E-state index < -0.39 is 75.0 Å². The lowest BCUT2D eigenvalue weighted by molar-refractivity contribution is -0.259. The Bertz CT molecular complexity index is 1870. The van der Waals surface area contributed by atoms with Crippen molar-refractivity contribution in [2.24, 2.45) is 95.1 Å². The SMILES string of the molecule is CC(C)C(C(C)C)C(C)(C)C(F)(F)F.CCC(C)(CC)C(C)(C)C.CCC(C)(CC)C(F)(F)F.CCC(C)(CC)[C@](C)(CC)C(F)(F)F.CCC(CC)C(C)(C)C.CCC(CC)[C@](C)(CC)C(F)(F)F.CCCC(C)(C)C.CCC[C@](C)(CC)C(F)(F)F.CC[C@@](C)(C(C)C)C(F)(F)F. The Balaban J connectivity index is -0.000000132. The summed E-state index contributed by atoms with van der Waals surface area (Å²) in [5.41, 5.74) is -7.75. The first-order valence-corrected chi connectivity index (χ1v) is 37.9. The van der Waals surface area contributed by atoms with E-state index in [0.717, 1.165) is 5.92 Å². The van der Waals surface area contributed by atoms with Crippen LogP contribution in [0.4, 0.5) is 79.0 Å². The van der Waals surface area contributed by atoms with Crippen LogP contribution in [-0.2, 0) is 0 Å². The molecule has 0 aromatic rings.